The topological polar surface area (TPSA) is 69.1 Å². The number of anilines is 1. The summed E-state index contributed by atoms with van der Waals surface area (Å²) in [5.41, 5.74) is 2.11. The van der Waals surface area contributed by atoms with Crippen LogP contribution in [0.4, 0.5) is 5.69 Å². The second-order valence-electron chi connectivity index (χ2n) is 7.63. The van der Waals surface area contributed by atoms with E-state index in [4.69, 9.17) is 9.73 Å². The molecule has 1 heterocycles. The zero-order chi connectivity index (χ0) is 21.2. The molecule has 0 bridgehead atoms. The van der Waals surface area contributed by atoms with Crippen molar-refractivity contribution in [3.05, 3.63) is 60.2 Å². The van der Waals surface area contributed by atoms with E-state index in [9.17, 15) is 5.11 Å². The minimum Gasteiger partial charge on any atom is -0.495 e. The van der Waals surface area contributed by atoms with Crippen LogP contribution >= 0.6 is 24.0 Å². The molecule has 3 N–H and O–H groups in total. The number of halogens is 1. The first-order valence-electron chi connectivity index (χ1n) is 10.8. The normalized spacial score (nSPS) is 17.1. The summed E-state index contributed by atoms with van der Waals surface area (Å²) in [6, 6.07) is 18.0. The fourth-order valence-electron chi connectivity index (χ4n) is 3.82. The number of rotatable bonds is 9. The molecule has 6 nitrogen and oxygen atoms in total. The molecule has 3 rings (SSSR count). The molecule has 2 aromatic rings. The van der Waals surface area contributed by atoms with E-state index in [1.165, 1.54) is 0 Å². The molecule has 0 aromatic heterocycles. The van der Waals surface area contributed by atoms with Crippen molar-refractivity contribution in [1.82, 2.24) is 10.6 Å². The first kappa shape index (κ1) is 25.3. The Hall–Kier alpha value is -2.00. The van der Waals surface area contributed by atoms with E-state index in [1.807, 2.05) is 42.5 Å². The van der Waals surface area contributed by atoms with Crippen LogP contribution in [0.25, 0.3) is 0 Å². The molecular formula is C24H35IN4O2. The molecule has 0 amide bonds. The SMILES string of the molecule is CCNC(=NCC1CCN(c2ccccc2OC)C1)NCCC(O)c1ccccc1.I. The van der Waals surface area contributed by atoms with Gasteiger partial charge < -0.3 is 25.4 Å². The van der Waals surface area contributed by atoms with Gasteiger partial charge in [0.2, 0.25) is 0 Å². The Kier molecular flexibility index (Phi) is 10.9. The van der Waals surface area contributed by atoms with Gasteiger partial charge in [-0.25, -0.2) is 0 Å². The van der Waals surface area contributed by atoms with E-state index < -0.39 is 6.10 Å². The van der Waals surface area contributed by atoms with Gasteiger partial charge in [-0.15, -0.1) is 24.0 Å². The van der Waals surface area contributed by atoms with Crippen LogP contribution in [0.15, 0.2) is 59.6 Å². The number of nitrogens with one attached hydrogen (secondary N) is 2. The van der Waals surface area contributed by atoms with E-state index in [2.05, 4.69) is 34.6 Å². The maximum atomic E-state index is 10.3. The van der Waals surface area contributed by atoms with E-state index in [1.54, 1.807) is 7.11 Å². The van der Waals surface area contributed by atoms with Gasteiger partial charge in [-0.2, -0.15) is 0 Å². The van der Waals surface area contributed by atoms with Crippen LogP contribution in [0.1, 0.15) is 31.4 Å². The Labute approximate surface area is 203 Å². The Morgan fingerprint density at radius 1 is 1.16 bits per heavy atom. The van der Waals surface area contributed by atoms with E-state index in [0.717, 1.165) is 55.6 Å². The van der Waals surface area contributed by atoms with Crippen molar-refractivity contribution in [2.75, 3.05) is 44.7 Å². The molecule has 31 heavy (non-hydrogen) atoms. The summed E-state index contributed by atoms with van der Waals surface area (Å²) in [6.07, 6.45) is 1.29. The first-order valence-corrected chi connectivity index (χ1v) is 10.8. The largest absolute Gasteiger partial charge is 0.495 e. The Balaban J connectivity index is 0.00000341. The van der Waals surface area contributed by atoms with Crippen molar-refractivity contribution in [2.24, 2.45) is 10.9 Å². The molecule has 2 aromatic carbocycles. The third-order valence-electron chi connectivity index (χ3n) is 5.46. The Morgan fingerprint density at radius 3 is 2.65 bits per heavy atom. The molecule has 0 aliphatic carbocycles. The lowest BCUT2D eigenvalue weighted by Gasteiger charge is -2.21. The lowest BCUT2D eigenvalue weighted by molar-refractivity contribution is 0.168. The second-order valence-corrected chi connectivity index (χ2v) is 7.63. The summed E-state index contributed by atoms with van der Waals surface area (Å²) >= 11 is 0. The molecule has 170 valence electrons. The maximum Gasteiger partial charge on any atom is 0.191 e. The van der Waals surface area contributed by atoms with Gasteiger partial charge in [0.05, 0.1) is 18.9 Å². The summed E-state index contributed by atoms with van der Waals surface area (Å²) in [6.45, 7) is 6.33. The van der Waals surface area contributed by atoms with Crippen LogP contribution in [0, 0.1) is 5.92 Å². The molecule has 0 spiro atoms. The fraction of sp³-hybridized carbons (Fsp3) is 0.458. The van der Waals surface area contributed by atoms with Gasteiger partial charge in [0, 0.05) is 32.7 Å². The highest BCUT2D eigenvalue weighted by molar-refractivity contribution is 14.0. The lowest BCUT2D eigenvalue weighted by Crippen LogP contribution is -2.38. The van der Waals surface area contributed by atoms with Gasteiger partial charge in [0.25, 0.3) is 0 Å². The highest BCUT2D eigenvalue weighted by atomic mass is 127. The van der Waals surface area contributed by atoms with Gasteiger partial charge in [0.15, 0.2) is 5.96 Å². The van der Waals surface area contributed by atoms with Crippen molar-refractivity contribution < 1.29 is 9.84 Å². The smallest absolute Gasteiger partial charge is 0.191 e. The average Bonchev–Trinajstić information content (AvgIpc) is 3.26. The highest BCUT2D eigenvalue weighted by Gasteiger charge is 2.24. The van der Waals surface area contributed by atoms with Crippen LogP contribution < -0.4 is 20.3 Å². The third-order valence-corrected chi connectivity index (χ3v) is 5.46. The van der Waals surface area contributed by atoms with Gasteiger partial charge in [0.1, 0.15) is 5.75 Å². The van der Waals surface area contributed by atoms with Crippen molar-refractivity contribution in [1.29, 1.82) is 0 Å². The van der Waals surface area contributed by atoms with Crippen LogP contribution in [-0.2, 0) is 0 Å². The zero-order valence-electron chi connectivity index (χ0n) is 18.5. The third kappa shape index (κ3) is 7.57. The summed E-state index contributed by atoms with van der Waals surface area (Å²) in [7, 11) is 1.72. The van der Waals surface area contributed by atoms with Gasteiger partial charge in [-0.1, -0.05) is 42.5 Å². The Morgan fingerprint density at radius 2 is 1.90 bits per heavy atom. The number of para-hydroxylation sites is 2. The highest BCUT2D eigenvalue weighted by Crippen LogP contribution is 2.31. The predicted octanol–water partition coefficient (Wildman–Crippen LogP) is 3.82. The summed E-state index contributed by atoms with van der Waals surface area (Å²) < 4.78 is 5.51. The monoisotopic (exact) mass is 538 g/mol. The number of methoxy groups -OCH3 is 1. The van der Waals surface area contributed by atoms with E-state index >= 15 is 0 Å². The molecule has 1 aliphatic heterocycles. The molecule has 1 fully saturated rings. The lowest BCUT2D eigenvalue weighted by atomic mass is 10.1. The van der Waals surface area contributed by atoms with Gasteiger partial charge >= 0.3 is 0 Å². The molecular weight excluding hydrogens is 503 g/mol. The predicted molar refractivity (Wildman–Crippen MR) is 139 cm³/mol. The fourth-order valence-corrected chi connectivity index (χ4v) is 3.82. The van der Waals surface area contributed by atoms with Gasteiger partial charge in [-0.3, -0.25) is 4.99 Å². The molecule has 1 aliphatic rings. The number of hydrogen-bond donors (Lipinski definition) is 3. The molecule has 7 heteroatoms. The number of aliphatic hydroxyl groups is 1. The molecule has 2 atom stereocenters. The van der Waals surface area contributed by atoms with E-state index in [0.29, 0.717) is 18.9 Å². The summed E-state index contributed by atoms with van der Waals surface area (Å²) in [4.78, 5) is 7.18. The van der Waals surface area contributed by atoms with Crippen LogP contribution in [0.2, 0.25) is 0 Å². The van der Waals surface area contributed by atoms with E-state index in [-0.39, 0.29) is 24.0 Å². The number of guanidine groups is 1. The maximum absolute atomic E-state index is 10.3. The molecule has 0 saturated carbocycles. The molecule has 1 saturated heterocycles. The minimum atomic E-state index is -0.467. The number of nitrogens with zero attached hydrogens (tertiary/aromatic N) is 2. The van der Waals surface area contributed by atoms with Crippen molar-refractivity contribution in [2.45, 2.75) is 25.9 Å². The van der Waals surface area contributed by atoms with Gasteiger partial charge in [-0.05, 0) is 43.4 Å². The van der Waals surface area contributed by atoms with Crippen molar-refractivity contribution in [3.8, 4) is 5.75 Å². The second kappa shape index (κ2) is 13.4. The number of hydrogen-bond acceptors (Lipinski definition) is 4. The zero-order valence-corrected chi connectivity index (χ0v) is 20.8. The number of aliphatic imine (C=N–C) groups is 1. The summed E-state index contributed by atoms with van der Waals surface area (Å²) in [5.74, 6) is 2.25. The summed E-state index contributed by atoms with van der Waals surface area (Å²) in [5, 5.41) is 17.0. The first-order chi connectivity index (χ1) is 14.7. The average molecular weight is 538 g/mol. The number of aliphatic hydroxyl groups excluding tert-OH is 1. The van der Waals surface area contributed by atoms with Crippen LogP contribution in [0.5, 0.6) is 5.75 Å². The Bertz CT molecular complexity index is 803. The molecule has 2 unspecified atom stereocenters. The van der Waals surface area contributed by atoms with Crippen LogP contribution in [-0.4, -0.2) is 50.9 Å². The van der Waals surface area contributed by atoms with Crippen molar-refractivity contribution in [3.63, 3.8) is 0 Å². The quantitative estimate of drug-likeness (QED) is 0.258. The van der Waals surface area contributed by atoms with Crippen LogP contribution in [0.3, 0.4) is 0 Å². The number of benzene rings is 2. The standard InChI is InChI=1S/C24H34N4O2.HI/c1-3-25-24(26-15-13-22(29)20-9-5-4-6-10-20)27-17-19-14-16-28(18-19)21-11-7-8-12-23(21)30-2;/h4-12,19,22,29H,3,13-18H2,1-2H3,(H2,25,26,27);1H. The number of ether oxygens (including phenoxy) is 1. The molecule has 0 radical (unpaired) electrons. The minimum absolute atomic E-state index is 0. The van der Waals surface area contributed by atoms with Crippen molar-refractivity contribution >= 4 is 35.6 Å².